The fourth-order valence-corrected chi connectivity index (χ4v) is 1.51. The molecule has 0 atom stereocenters. The summed E-state index contributed by atoms with van der Waals surface area (Å²) in [5.74, 6) is -0.0800. The predicted octanol–water partition coefficient (Wildman–Crippen LogP) is 1.84. The Kier molecular flexibility index (Phi) is 3.35. The highest BCUT2D eigenvalue weighted by Gasteiger charge is 2.03. The number of anilines is 2. The van der Waals surface area contributed by atoms with Crippen LogP contribution in [0.4, 0.5) is 11.4 Å². The van der Waals surface area contributed by atoms with Gasteiger partial charge in [0.2, 0.25) is 5.91 Å². The Morgan fingerprint density at radius 3 is 2.88 bits per heavy atom. The van der Waals surface area contributed by atoms with Crippen LogP contribution in [0, 0.1) is 0 Å². The fourth-order valence-electron chi connectivity index (χ4n) is 1.51. The quantitative estimate of drug-likeness (QED) is 0.786. The summed E-state index contributed by atoms with van der Waals surface area (Å²) in [7, 11) is 0. The van der Waals surface area contributed by atoms with Crippen LogP contribution in [0.2, 0.25) is 0 Å². The first-order valence-electron chi connectivity index (χ1n) is 5.28. The van der Waals surface area contributed by atoms with Gasteiger partial charge in [-0.05, 0) is 29.8 Å². The van der Waals surface area contributed by atoms with Gasteiger partial charge >= 0.3 is 0 Å². The molecular weight excluding hydrogens is 214 g/mol. The number of nitrogens with one attached hydrogen (secondary N) is 1. The molecule has 4 heteroatoms. The van der Waals surface area contributed by atoms with Crippen LogP contribution in [0.25, 0.3) is 0 Å². The van der Waals surface area contributed by atoms with Crippen molar-refractivity contribution in [3.63, 3.8) is 0 Å². The van der Waals surface area contributed by atoms with Crippen LogP contribution in [-0.2, 0) is 11.2 Å². The first-order chi connectivity index (χ1) is 8.24. The number of aromatic nitrogens is 1. The topological polar surface area (TPSA) is 68.0 Å². The highest BCUT2D eigenvalue weighted by atomic mass is 16.1. The second kappa shape index (κ2) is 5.12. The third kappa shape index (κ3) is 3.31. The molecule has 1 aromatic heterocycles. The number of amides is 1. The molecule has 0 saturated carbocycles. The molecule has 0 saturated heterocycles. The van der Waals surface area contributed by atoms with E-state index < -0.39 is 0 Å². The van der Waals surface area contributed by atoms with E-state index in [1.165, 1.54) is 0 Å². The highest BCUT2D eigenvalue weighted by molar-refractivity contribution is 5.92. The molecule has 0 radical (unpaired) electrons. The van der Waals surface area contributed by atoms with E-state index in [1.807, 2.05) is 12.1 Å². The minimum Gasteiger partial charge on any atom is -0.399 e. The Hall–Kier alpha value is -2.36. The summed E-state index contributed by atoms with van der Waals surface area (Å²) in [5.41, 5.74) is 7.85. The molecule has 1 amide bonds. The first-order valence-corrected chi connectivity index (χ1v) is 5.28. The highest BCUT2D eigenvalue weighted by Crippen LogP contribution is 2.12. The number of carbonyl (C=O) groups is 1. The number of rotatable bonds is 3. The van der Waals surface area contributed by atoms with Gasteiger partial charge in [-0.3, -0.25) is 9.78 Å². The molecule has 0 bridgehead atoms. The van der Waals surface area contributed by atoms with Crippen LogP contribution in [0.1, 0.15) is 5.56 Å². The van der Waals surface area contributed by atoms with E-state index in [0.717, 1.165) is 5.56 Å². The molecule has 0 spiro atoms. The SMILES string of the molecule is Nc1cccc(NC(=O)Cc2cccnc2)c1. The van der Waals surface area contributed by atoms with Gasteiger partial charge < -0.3 is 11.1 Å². The molecule has 3 N–H and O–H groups in total. The van der Waals surface area contributed by atoms with Gasteiger partial charge in [0.15, 0.2) is 0 Å². The maximum Gasteiger partial charge on any atom is 0.228 e. The van der Waals surface area contributed by atoms with Gasteiger partial charge in [0.25, 0.3) is 0 Å². The molecule has 1 heterocycles. The Labute approximate surface area is 99.5 Å². The van der Waals surface area contributed by atoms with Crippen molar-refractivity contribution in [2.24, 2.45) is 0 Å². The standard InChI is InChI=1S/C13H13N3O/c14-11-4-1-5-12(8-11)16-13(17)7-10-3-2-6-15-9-10/h1-6,8-9H,7,14H2,(H,16,17). The van der Waals surface area contributed by atoms with Gasteiger partial charge in [0.05, 0.1) is 6.42 Å². The van der Waals surface area contributed by atoms with Crippen molar-refractivity contribution in [1.29, 1.82) is 0 Å². The number of hydrogen-bond acceptors (Lipinski definition) is 3. The van der Waals surface area contributed by atoms with Gasteiger partial charge in [-0.1, -0.05) is 12.1 Å². The largest absolute Gasteiger partial charge is 0.399 e. The molecule has 1 aromatic carbocycles. The summed E-state index contributed by atoms with van der Waals surface area (Å²) in [4.78, 5) is 15.7. The second-order valence-corrected chi connectivity index (χ2v) is 3.71. The summed E-state index contributed by atoms with van der Waals surface area (Å²) in [6, 6.07) is 10.8. The maximum atomic E-state index is 11.7. The van der Waals surface area contributed by atoms with Crippen LogP contribution in [-0.4, -0.2) is 10.9 Å². The fraction of sp³-hybridized carbons (Fsp3) is 0.0769. The third-order valence-corrected chi connectivity index (χ3v) is 2.26. The van der Waals surface area contributed by atoms with Gasteiger partial charge in [0.1, 0.15) is 0 Å². The predicted molar refractivity (Wildman–Crippen MR) is 67.4 cm³/mol. The Morgan fingerprint density at radius 2 is 2.18 bits per heavy atom. The lowest BCUT2D eigenvalue weighted by Crippen LogP contribution is -2.14. The van der Waals surface area contributed by atoms with Crippen molar-refractivity contribution >= 4 is 17.3 Å². The summed E-state index contributed by atoms with van der Waals surface area (Å²) >= 11 is 0. The van der Waals surface area contributed by atoms with Crippen molar-refractivity contribution in [2.75, 3.05) is 11.1 Å². The Bertz CT molecular complexity index is 511. The second-order valence-electron chi connectivity index (χ2n) is 3.71. The lowest BCUT2D eigenvalue weighted by molar-refractivity contribution is -0.115. The number of nitrogens with zero attached hydrogens (tertiary/aromatic N) is 1. The number of carbonyl (C=O) groups excluding carboxylic acids is 1. The zero-order chi connectivity index (χ0) is 12.1. The number of pyridine rings is 1. The summed E-state index contributed by atoms with van der Waals surface area (Å²) in [6.45, 7) is 0. The number of benzene rings is 1. The van der Waals surface area contributed by atoms with Crippen LogP contribution >= 0.6 is 0 Å². The summed E-state index contributed by atoms with van der Waals surface area (Å²) in [6.07, 6.45) is 3.67. The molecule has 0 aliphatic heterocycles. The van der Waals surface area contributed by atoms with E-state index in [2.05, 4.69) is 10.3 Å². The zero-order valence-electron chi connectivity index (χ0n) is 9.26. The minimum atomic E-state index is -0.0800. The van der Waals surface area contributed by atoms with E-state index >= 15 is 0 Å². The van der Waals surface area contributed by atoms with E-state index in [-0.39, 0.29) is 5.91 Å². The van der Waals surface area contributed by atoms with Crippen molar-refractivity contribution in [3.8, 4) is 0 Å². The normalized spacial score (nSPS) is 9.88. The van der Waals surface area contributed by atoms with Gasteiger partial charge in [-0.2, -0.15) is 0 Å². The van der Waals surface area contributed by atoms with Crippen LogP contribution < -0.4 is 11.1 Å². The van der Waals surface area contributed by atoms with Crippen LogP contribution in [0.3, 0.4) is 0 Å². The molecule has 0 fully saturated rings. The lowest BCUT2D eigenvalue weighted by atomic mass is 10.2. The van der Waals surface area contributed by atoms with Gasteiger partial charge in [0, 0.05) is 23.8 Å². The third-order valence-electron chi connectivity index (χ3n) is 2.26. The smallest absolute Gasteiger partial charge is 0.228 e. The number of nitrogens with two attached hydrogens (primary N) is 1. The molecule has 4 nitrogen and oxygen atoms in total. The van der Waals surface area contributed by atoms with E-state index in [1.54, 1.807) is 36.7 Å². The van der Waals surface area contributed by atoms with Gasteiger partial charge in [-0.15, -0.1) is 0 Å². The molecule has 17 heavy (non-hydrogen) atoms. The van der Waals surface area contributed by atoms with Crippen molar-refractivity contribution in [1.82, 2.24) is 4.98 Å². The van der Waals surface area contributed by atoms with E-state index in [0.29, 0.717) is 17.8 Å². The minimum absolute atomic E-state index is 0.0800. The molecule has 0 aliphatic carbocycles. The number of nitrogen functional groups attached to an aromatic ring is 1. The van der Waals surface area contributed by atoms with Crippen LogP contribution in [0.5, 0.6) is 0 Å². The summed E-state index contributed by atoms with van der Waals surface area (Å²) < 4.78 is 0. The van der Waals surface area contributed by atoms with Crippen molar-refractivity contribution < 1.29 is 4.79 Å². The molecular formula is C13H13N3O. The average Bonchev–Trinajstić information content (AvgIpc) is 2.30. The van der Waals surface area contributed by atoms with Crippen molar-refractivity contribution in [2.45, 2.75) is 6.42 Å². The van der Waals surface area contributed by atoms with Gasteiger partial charge in [-0.25, -0.2) is 0 Å². The Balaban J connectivity index is 1.98. The average molecular weight is 227 g/mol. The maximum absolute atomic E-state index is 11.7. The van der Waals surface area contributed by atoms with Crippen LogP contribution in [0.15, 0.2) is 48.8 Å². The van der Waals surface area contributed by atoms with E-state index in [4.69, 9.17) is 5.73 Å². The lowest BCUT2D eigenvalue weighted by Gasteiger charge is -2.05. The molecule has 86 valence electrons. The van der Waals surface area contributed by atoms with Crippen molar-refractivity contribution in [3.05, 3.63) is 54.4 Å². The first kappa shape index (κ1) is 11.1. The molecule has 2 aromatic rings. The summed E-state index contributed by atoms with van der Waals surface area (Å²) in [5, 5.41) is 2.78. The molecule has 0 unspecified atom stereocenters. The Morgan fingerprint density at radius 1 is 1.29 bits per heavy atom. The monoisotopic (exact) mass is 227 g/mol. The molecule has 2 rings (SSSR count). The molecule has 0 aliphatic rings. The van der Waals surface area contributed by atoms with E-state index in [9.17, 15) is 4.79 Å². The number of hydrogen-bond donors (Lipinski definition) is 2. The zero-order valence-corrected chi connectivity index (χ0v) is 9.26.